The van der Waals surface area contributed by atoms with E-state index in [0.29, 0.717) is 30.0 Å². The Bertz CT molecular complexity index is 944. The number of methoxy groups -OCH3 is 1. The highest BCUT2D eigenvalue weighted by molar-refractivity contribution is 7.89. The maximum Gasteiger partial charge on any atom is 0.251 e. The second kappa shape index (κ2) is 9.27. The molecule has 0 unspecified atom stereocenters. The van der Waals surface area contributed by atoms with Crippen molar-refractivity contribution in [3.05, 3.63) is 52.5 Å². The van der Waals surface area contributed by atoms with Crippen LogP contribution >= 0.6 is 11.6 Å². The Morgan fingerprint density at radius 2 is 1.86 bits per heavy atom. The van der Waals surface area contributed by atoms with Crippen LogP contribution in [-0.2, 0) is 16.4 Å². The highest BCUT2D eigenvalue weighted by atomic mass is 35.5. The van der Waals surface area contributed by atoms with Gasteiger partial charge >= 0.3 is 0 Å². The van der Waals surface area contributed by atoms with E-state index >= 15 is 0 Å². The molecule has 0 bridgehead atoms. The third-order valence-electron chi connectivity index (χ3n) is 3.80. The van der Waals surface area contributed by atoms with Gasteiger partial charge < -0.3 is 14.8 Å². The lowest BCUT2D eigenvalue weighted by atomic mass is 10.1. The third kappa shape index (κ3) is 5.85. The summed E-state index contributed by atoms with van der Waals surface area (Å²) in [7, 11) is -2.24. The molecule has 0 aliphatic rings. The van der Waals surface area contributed by atoms with Crippen molar-refractivity contribution in [2.24, 2.45) is 5.14 Å². The first kappa shape index (κ1) is 22.0. The van der Waals surface area contributed by atoms with Crippen molar-refractivity contribution < 1.29 is 22.7 Å². The lowest BCUT2D eigenvalue weighted by Crippen LogP contribution is -2.25. The molecule has 1 amide bonds. The van der Waals surface area contributed by atoms with E-state index in [-0.39, 0.29) is 21.9 Å². The van der Waals surface area contributed by atoms with Crippen molar-refractivity contribution in [2.75, 3.05) is 13.7 Å². The predicted octanol–water partition coefficient (Wildman–Crippen LogP) is 2.76. The van der Waals surface area contributed by atoms with Crippen LogP contribution in [0.1, 0.15) is 29.8 Å². The molecule has 0 aromatic heterocycles. The largest absolute Gasteiger partial charge is 0.493 e. The molecular formula is C19H23ClN2O5S. The van der Waals surface area contributed by atoms with Gasteiger partial charge in [0.05, 0.1) is 23.1 Å². The molecule has 0 heterocycles. The van der Waals surface area contributed by atoms with E-state index in [9.17, 15) is 13.2 Å². The standard InChI is InChI=1S/C19H23ClN2O5S/c1-12(2)27-18-16(20)10-14(11-17(18)26-3)19(23)22-9-8-13-4-6-15(7-5-13)28(21,24)25/h4-7,10-12H,8-9H2,1-3H3,(H,22,23)(H2,21,24,25). The third-order valence-corrected chi connectivity index (χ3v) is 5.01. The first-order valence-corrected chi connectivity index (χ1v) is 10.5. The quantitative estimate of drug-likeness (QED) is 0.674. The van der Waals surface area contributed by atoms with E-state index in [1.165, 1.54) is 25.3 Å². The van der Waals surface area contributed by atoms with Crippen molar-refractivity contribution in [3.63, 3.8) is 0 Å². The zero-order valence-corrected chi connectivity index (χ0v) is 17.4. The number of primary sulfonamides is 1. The second-order valence-electron chi connectivity index (χ2n) is 6.35. The van der Waals surface area contributed by atoms with Gasteiger partial charge in [0.2, 0.25) is 10.0 Å². The van der Waals surface area contributed by atoms with Gasteiger partial charge in [-0.3, -0.25) is 4.79 Å². The van der Waals surface area contributed by atoms with Crippen molar-refractivity contribution in [3.8, 4) is 11.5 Å². The lowest BCUT2D eigenvalue weighted by Gasteiger charge is -2.16. The average Bonchev–Trinajstić information content (AvgIpc) is 2.62. The smallest absolute Gasteiger partial charge is 0.251 e. The van der Waals surface area contributed by atoms with Crippen LogP contribution in [0.5, 0.6) is 11.5 Å². The molecule has 9 heteroatoms. The summed E-state index contributed by atoms with van der Waals surface area (Å²) in [4.78, 5) is 12.5. The molecule has 3 N–H and O–H groups in total. The summed E-state index contributed by atoms with van der Waals surface area (Å²) in [6.45, 7) is 4.09. The van der Waals surface area contributed by atoms with Gasteiger partial charge in [-0.25, -0.2) is 13.6 Å². The number of amides is 1. The molecule has 2 aromatic carbocycles. The molecule has 0 spiro atoms. The minimum atomic E-state index is -3.72. The van der Waals surface area contributed by atoms with Gasteiger partial charge in [-0.2, -0.15) is 0 Å². The summed E-state index contributed by atoms with van der Waals surface area (Å²) in [6.07, 6.45) is 0.433. The van der Waals surface area contributed by atoms with E-state index in [1.54, 1.807) is 18.2 Å². The Labute approximate surface area is 169 Å². The Hall–Kier alpha value is -2.29. The normalized spacial score (nSPS) is 11.4. The van der Waals surface area contributed by atoms with Crippen molar-refractivity contribution >= 4 is 27.5 Å². The summed E-state index contributed by atoms with van der Waals surface area (Å²) < 4.78 is 33.4. The van der Waals surface area contributed by atoms with Gasteiger partial charge in [0, 0.05) is 12.1 Å². The molecule has 0 radical (unpaired) electrons. The number of sulfonamides is 1. The molecule has 0 fully saturated rings. The molecule has 0 saturated heterocycles. The minimum Gasteiger partial charge on any atom is -0.493 e. The minimum absolute atomic E-state index is 0.0470. The van der Waals surface area contributed by atoms with Gasteiger partial charge in [-0.05, 0) is 50.1 Å². The van der Waals surface area contributed by atoms with E-state index in [4.69, 9.17) is 26.2 Å². The van der Waals surface area contributed by atoms with Gasteiger partial charge in [0.15, 0.2) is 11.5 Å². The number of hydrogen-bond acceptors (Lipinski definition) is 5. The summed E-state index contributed by atoms with van der Waals surface area (Å²) in [5, 5.41) is 8.15. The van der Waals surface area contributed by atoms with Gasteiger partial charge in [-0.1, -0.05) is 23.7 Å². The maximum absolute atomic E-state index is 12.4. The number of carbonyl (C=O) groups excluding carboxylic acids is 1. The number of nitrogens with one attached hydrogen (secondary N) is 1. The highest BCUT2D eigenvalue weighted by Gasteiger charge is 2.17. The number of benzene rings is 2. The number of carbonyl (C=O) groups is 1. The van der Waals surface area contributed by atoms with E-state index in [0.717, 1.165) is 5.56 Å². The summed E-state index contributed by atoms with van der Waals surface area (Å²) in [5.41, 5.74) is 1.21. The van der Waals surface area contributed by atoms with Crippen molar-refractivity contribution in [1.82, 2.24) is 5.32 Å². The predicted molar refractivity (Wildman–Crippen MR) is 108 cm³/mol. The van der Waals surface area contributed by atoms with Crippen LogP contribution in [0.2, 0.25) is 5.02 Å². The first-order chi connectivity index (χ1) is 13.1. The molecule has 152 valence electrons. The van der Waals surface area contributed by atoms with Crippen LogP contribution < -0.4 is 19.9 Å². The molecule has 2 aromatic rings. The first-order valence-electron chi connectivity index (χ1n) is 8.56. The van der Waals surface area contributed by atoms with Crippen LogP contribution in [0.15, 0.2) is 41.3 Å². The zero-order valence-electron chi connectivity index (χ0n) is 15.9. The van der Waals surface area contributed by atoms with E-state index in [2.05, 4.69) is 5.32 Å². The molecule has 0 aliphatic carbocycles. The topological polar surface area (TPSA) is 108 Å². The Morgan fingerprint density at radius 3 is 2.39 bits per heavy atom. The second-order valence-corrected chi connectivity index (χ2v) is 8.32. The fourth-order valence-electron chi connectivity index (χ4n) is 2.47. The number of hydrogen-bond donors (Lipinski definition) is 2. The molecule has 0 atom stereocenters. The van der Waals surface area contributed by atoms with Crippen LogP contribution in [0.3, 0.4) is 0 Å². The molecule has 2 rings (SSSR count). The fraction of sp³-hybridized carbons (Fsp3) is 0.316. The van der Waals surface area contributed by atoms with E-state index < -0.39 is 10.0 Å². The van der Waals surface area contributed by atoms with Gasteiger partial charge in [0.1, 0.15) is 0 Å². The monoisotopic (exact) mass is 426 g/mol. The van der Waals surface area contributed by atoms with Gasteiger partial charge in [0.25, 0.3) is 5.91 Å². The SMILES string of the molecule is COc1cc(C(=O)NCCc2ccc(S(N)(=O)=O)cc2)cc(Cl)c1OC(C)C. The van der Waals surface area contributed by atoms with E-state index in [1.807, 2.05) is 13.8 Å². The van der Waals surface area contributed by atoms with Crippen LogP contribution in [0.4, 0.5) is 0 Å². The molecular weight excluding hydrogens is 404 g/mol. The number of ether oxygens (including phenoxy) is 2. The number of rotatable bonds is 8. The summed E-state index contributed by atoms with van der Waals surface area (Å²) in [5.74, 6) is 0.466. The number of halogens is 1. The zero-order chi connectivity index (χ0) is 20.9. The average molecular weight is 427 g/mol. The summed E-state index contributed by atoms with van der Waals surface area (Å²) >= 11 is 6.24. The fourth-order valence-corrected chi connectivity index (χ4v) is 3.24. The van der Waals surface area contributed by atoms with Crippen LogP contribution in [0, 0.1) is 0 Å². The Kier molecular flexibility index (Phi) is 7.29. The summed E-state index contributed by atoms with van der Waals surface area (Å²) in [6, 6.07) is 9.28. The molecule has 7 nitrogen and oxygen atoms in total. The lowest BCUT2D eigenvalue weighted by molar-refractivity contribution is 0.0953. The molecule has 28 heavy (non-hydrogen) atoms. The van der Waals surface area contributed by atoms with Gasteiger partial charge in [-0.15, -0.1) is 0 Å². The maximum atomic E-state index is 12.4. The van der Waals surface area contributed by atoms with Crippen LogP contribution in [0.25, 0.3) is 0 Å². The number of nitrogens with two attached hydrogens (primary N) is 1. The highest BCUT2D eigenvalue weighted by Crippen LogP contribution is 2.37. The Balaban J connectivity index is 2.02. The van der Waals surface area contributed by atoms with Crippen molar-refractivity contribution in [1.29, 1.82) is 0 Å². The Morgan fingerprint density at radius 1 is 1.21 bits per heavy atom. The molecule has 0 saturated carbocycles. The molecule has 0 aliphatic heterocycles. The van der Waals surface area contributed by atoms with Crippen molar-refractivity contribution in [2.45, 2.75) is 31.3 Å². The van der Waals surface area contributed by atoms with Crippen LogP contribution in [-0.4, -0.2) is 34.1 Å².